The average Bonchev–Trinajstić information content (AvgIpc) is 2.77. The Labute approximate surface area is 117 Å². The third-order valence-corrected chi connectivity index (χ3v) is 5.87. The number of hydroxylamine groups is 2. The summed E-state index contributed by atoms with van der Waals surface area (Å²) in [5.74, 6) is 0.549. The van der Waals surface area contributed by atoms with Crippen LogP contribution in [0.2, 0.25) is 0 Å². The van der Waals surface area contributed by atoms with Crippen molar-refractivity contribution in [3.8, 4) is 6.07 Å². The number of nitriles is 1. The van der Waals surface area contributed by atoms with Gasteiger partial charge in [-0.1, -0.05) is 13.3 Å². The first-order chi connectivity index (χ1) is 8.60. The van der Waals surface area contributed by atoms with Crippen molar-refractivity contribution < 1.29 is 13.7 Å². The van der Waals surface area contributed by atoms with Gasteiger partial charge in [-0.25, -0.2) is 5.06 Å². The van der Waals surface area contributed by atoms with Crippen LogP contribution in [0.1, 0.15) is 26.2 Å². The zero-order chi connectivity index (χ0) is 13.6. The summed E-state index contributed by atoms with van der Waals surface area (Å²) in [6, 6.07) is 2.16. The number of allylic oxidation sites excluding steroid dienone is 2. The fraction of sp³-hybridized carbons (Fsp3) is 0.700. The van der Waals surface area contributed by atoms with Crippen LogP contribution in [0, 0.1) is 11.3 Å². The van der Waals surface area contributed by atoms with Crippen LogP contribution < -0.4 is 0 Å². The number of thioether (sulfide) groups is 1. The molecule has 102 valence electrons. The number of nitrogens with zero attached hydrogens (tertiary/aromatic N) is 2. The van der Waals surface area contributed by atoms with Gasteiger partial charge in [0.1, 0.15) is 6.07 Å². The average molecular weight is 308 g/mol. The van der Waals surface area contributed by atoms with Gasteiger partial charge in [-0.3, -0.25) is 0 Å². The molecule has 1 aliphatic heterocycles. The Morgan fingerprint density at radius 3 is 2.67 bits per heavy atom. The molecule has 0 bridgehead atoms. The molecule has 0 saturated carbocycles. The Bertz CT molecular complexity index is 400. The molecule has 0 aromatic carbocycles. The van der Waals surface area contributed by atoms with Crippen LogP contribution in [0.25, 0.3) is 0 Å². The lowest BCUT2D eigenvalue weighted by Gasteiger charge is -2.23. The van der Waals surface area contributed by atoms with Gasteiger partial charge in [-0.05, 0) is 24.6 Å². The molecule has 1 heterocycles. The van der Waals surface area contributed by atoms with Crippen molar-refractivity contribution in [3.05, 3.63) is 10.6 Å². The highest BCUT2D eigenvalue weighted by Gasteiger charge is 2.30. The lowest BCUT2D eigenvalue weighted by atomic mass is 10.2. The third kappa shape index (κ3) is 3.95. The smallest absolute Gasteiger partial charge is 0.311 e. The maximum Gasteiger partial charge on any atom is 0.348 e. The molecule has 18 heavy (non-hydrogen) atoms. The molecule has 1 rings (SSSR count). The second-order valence-corrected chi connectivity index (χ2v) is 7.70. The van der Waals surface area contributed by atoms with Gasteiger partial charge >= 0.3 is 6.72 Å². The Morgan fingerprint density at radius 1 is 1.50 bits per heavy atom. The molecule has 0 fully saturated rings. The zero-order valence-corrected chi connectivity index (χ0v) is 13.2. The monoisotopic (exact) mass is 308 g/mol. The van der Waals surface area contributed by atoms with Crippen molar-refractivity contribution >= 4 is 30.3 Å². The minimum absolute atomic E-state index is 0.525. The lowest BCUT2D eigenvalue weighted by molar-refractivity contribution is -0.0159. The molecule has 0 saturated heterocycles. The van der Waals surface area contributed by atoms with Gasteiger partial charge in [0.05, 0.1) is 5.88 Å². The highest BCUT2D eigenvalue weighted by Crippen LogP contribution is 2.51. The minimum Gasteiger partial charge on any atom is -0.311 e. The molecule has 8 heteroatoms. The predicted molar refractivity (Wildman–Crippen MR) is 75.8 cm³/mol. The number of hydrogen-bond acceptors (Lipinski definition) is 7. The van der Waals surface area contributed by atoms with Crippen LogP contribution in [0.15, 0.2) is 10.6 Å². The maximum atomic E-state index is 9.20. The summed E-state index contributed by atoms with van der Waals surface area (Å²) in [7, 11) is 2.89. The van der Waals surface area contributed by atoms with Gasteiger partial charge in [0.15, 0.2) is 5.70 Å². The van der Waals surface area contributed by atoms with Gasteiger partial charge < -0.3 is 9.05 Å². The minimum atomic E-state index is -2.77. The summed E-state index contributed by atoms with van der Waals surface area (Å²) in [6.07, 6.45) is 3.05. The lowest BCUT2D eigenvalue weighted by Crippen LogP contribution is -2.18. The third-order valence-electron chi connectivity index (χ3n) is 2.38. The summed E-state index contributed by atoms with van der Waals surface area (Å²) >= 11 is 6.73. The van der Waals surface area contributed by atoms with E-state index in [-0.39, 0.29) is 0 Å². The van der Waals surface area contributed by atoms with E-state index in [1.54, 1.807) is 11.8 Å². The Morgan fingerprint density at radius 2 is 2.17 bits per heavy atom. The largest absolute Gasteiger partial charge is 0.348 e. The molecule has 0 spiro atoms. The molecular weight excluding hydrogens is 291 g/mol. The fourth-order valence-corrected chi connectivity index (χ4v) is 3.39. The summed E-state index contributed by atoms with van der Waals surface area (Å²) in [6.45, 7) is -0.651. The second kappa shape index (κ2) is 7.49. The van der Waals surface area contributed by atoms with E-state index in [4.69, 9.17) is 25.5 Å². The molecule has 0 N–H and O–H groups in total. The van der Waals surface area contributed by atoms with E-state index in [0.29, 0.717) is 11.6 Å². The number of rotatable bonds is 7. The van der Waals surface area contributed by atoms with Crippen LogP contribution in [-0.4, -0.2) is 25.2 Å². The van der Waals surface area contributed by atoms with Crippen LogP contribution in [-0.2, 0) is 25.5 Å². The van der Waals surface area contributed by atoms with Gasteiger partial charge in [-0.2, -0.15) is 9.89 Å². The summed E-state index contributed by atoms with van der Waals surface area (Å²) in [5, 5.41) is 10.7. The summed E-state index contributed by atoms with van der Waals surface area (Å²) < 4.78 is 15.6. The van der Waals surface area contributed by atoms with Crippen molar-refractivity contribution in [2.24, 2.45) is 0 Å². The quantitative estimate of drug-likeness (QED) is 0.668. The van der Waals surface area contributed by atoms with E-state index in [1.165, 1.54) is 19.3 Å². The van der Waals surface area contributed by atoms with Crippen molar-refractivity contribution in [2.75, 3.05) is 20.1 Å². The van der Waals surface area contributed by atoms with E-state index in [9.17, 15) is 5.26 Å². The van der Waals surface area contributed by atoms with Crippen molar-refractivity contribution in [1.82, 2.24) is 5.06 Å². The first-order valence-electron chi connectivity index (χ1n) is 5.55. The first kappa shape index (κ1) is 16.0. The predicted octanol–water partition coefficient (Wildman–Crippen LogP) is 3.37. The van der Waals surface area contributed by atoms with Crippen LogP contribution in [0.3, 0.4) is 0 Å². The van der Waals surface area contributed by atoms with E-state index in [0.717, 1.165) is 24.2 Å². The van der Waals surface area contributed by atoms with E-state index >= 15 is 0 Å². The summed E-state index contributed by atoms with van der Waals surface area (Å²) in [5.41, 5.74) is 0.525. The van der Waals surface area contributed by atoms with E-state index in [1.807, 2.05) is 0 Å². The molecule has 0 aromatic heterocycles. The van der Waals surface area contributed by atoms with Gasteiger partial charge in [0.25, 0.3) is 0 Å². The first-order valence-corrected chi connectivity index (χ1v) is 9.09. The molecule has 0 aromatic rings. The zero-order valence-electron chi connectivity index (χ0n) is 10.7. The highest BCUT2D eigenvalue weighted by atomic mass is 32.5. The maximum absolute atomic E-state index is 9.20. The Kier molecular flexibility index (Phi) is 6.64. The topological polar surface area (TPSA) is 54.7 Å². The SMILES string of the molecule is CCCCC1=C(C#N)N(OP(=S)(OC)OC)CS1. The molecular formula is C10H17N2O3PS2. The molecule has 1 aliphatic rings. The van der Waals surface area contributed by atoms with Gasteiger partial charge in [0, 0.05) is 19.1 Å². The van der Waals surface area contributed by atoms with Crippen molar-refractivity contribution in [2.45, 2.75) is 26.2 Å². The van der Waals surface area contributed by atoms with E-state index < -0.39 is 6.72 Å². The Balaban J connectivity index is 2.77. The standard InChI is InChI=1S/C10H17N2O3PS2/c1-4-5-6-10-9(7-11)12(8-18-10)15-16(17,13-2)14-3/h4-6,8H2,1-3H3. The Hall–Kier alpha value is -0.0900. The van der Waals surface area contributed by atoms with Crippen molar-refractivity contribution in [3.63, 3.8) is 0 Å². The van der Waals surface area contributed by atoms with Crippen LogP contribution >= 0.6 is 18.5 Å². The van der Waals surface area contributed by atoms with E-state index in [2.05, 4.69) is 13.0 Å². The fourth-order valence-electron chi connectivity index (χ4n) is 1.38. The molecule has 0 amide bonds. The second-order valence-electron chi connectivity index (χ2n) is 3.53. The molecule has 0 atom stereocenters. The number of unbranched alkanes of at least 4 members (excludes halogenated alkanes) is 1. The normalized spacial score (nSPS) is 16.2. The molecule has 0 aliphatic carbocycles. The van der Waals surface area contributed by atoms with Gasteiger partial charge in [-0.15, -0.1) is 11.8 Å². The van der Waals surface area contributed by atoms with Crippen molar-refractivity contribution in [1.29, 1.82) is 5.26 Å². The van der Waals surface area contributed by atoms with Crippen LogP contribution in [0.5, 0.6) is 0 Å². The summed E-state index contributed by atoms with van der Waals surface area (Å²) in [4.78, 5) is 1.05. The van der Waals surface area contributed by atoms with Gasteiger partial charge in [0.2, 0.25) is 0 Å². The highest BCUT2D eigenvalue weighted by molar-refractivity contribution is 8.07. The number of hydrogen-bond donors (Lipinski definition) is 0. The molecule has 0 unspecified atom stereocenters. The molecule has 0 radical (unpaired) electrons. The molecule has 5 nitrogen and oxygen atoms in total. The van der Waals surface area contributed by atoms with Crippen LogP contribution in [0.4, 0.5) is 0 Å².